The van der Waals surface area contributed by atoms with E-state index < -0.39 is 6.61 Å². The Kier molecular flexibility index (Phi) is 5.94. The highest BCUT2D eigenvalue weighted by Crippen LogP contribution is 2.22. The van der Waals surface area contributed by atoms with Gasteiger partial charge in [0.1, 0.15) is 5.75 Å². The number of ether oxygens (including phenoxy) is 1. The van der Waals surface area contributed by atoms with Crippen molar-refractivity contribution in [2.75, 3.05) is 13.2 Å². The zero-order valence-corrected chi connectivity index (χ0v) is 12.4. The molecule has 1 aromatic carbocycles. The smallest absolute Gasteiger partial charge is 0.387 e. The highest BCUT2D eigenvalue weighted by Gasteiger charge is 2.21. The molecule has 0 spiro atoms. The van der Waals surface area contributed by atoms with Crippen molar-refractivity contribution in [1.29, 1.82) is 0 Å². The van der Waals surface area contributed by atoms with E-state index in [1.54, 1.807) is 12.1 Å². The highest BCUT2D eigenvalue weighted by molar-refractivity contribution is 5.73. The Balaban J connectivity index is 1.96. The molecule has 2 amide bonds. The molecule has 0 unspecified atom stereocenters. The van der Waals surface area contributed by atoms with Gasteiger partial charge in [0.15, 0.2) is 0 Å². The molecule has 0 bridgehead atoms. The number of nitrogens with one attached hydrogen (secondary N) is 1. The van der Waals surface area contributed by atoms with Gasteiger partial charge in [-0.15, -0.1) is 0 Å². The Labute approximate surface area is 128 Å². The molecule has 1 atom stereocenters. The van der Waals surface area contributed by atoms with Gasteiger partial charge in [0.2, 0.25) is 0 Å². The number of urea groups is 1. The second-order valence-electron chi connectivity index (χ2n) is 5.00. The van der Waals surface area contributed by atoms with Crippen LogP contribution < -0.4 is 10.1 Å². The lowest BCUT2D eigenvalue weighted by atomic mass is 10.0. The summed E-state index contributed by atoms with van der Waals surface area (Å²) in [5.74, 6) is 0.0966. The van der Waals surface area contributed by atoms with E-state index in [1.165, 1.54) is 17.2 Å². The van der Waals surface area contributed by atoms with Gasteiger partial charge in [-0.3, -0.25) is 4.84 Å². The fourth-order valence-corrected chi connectivity index (χ4v) is 2.28. The molecule has 5 nitrogen and oxygen atoms in total. The molecule has 1 heterocycles. The van der Waals surface area contributed by atoms with Crippen LogP contribution in [-0.4, -0.2) is 30.9 Å². The molecular formula is C15H20F2N2O3. The average molecular weight is 314 g/mol. The van der Waals surface area contributed by atoms with E-state index in [4.69, 9.17) is 4.84 Å². The topological polar surface area (TPSA) is 50.8 Å². The maximum atomic E-state index is 12.1. The molecule has 1 aromatic rings. The number of nitrogens with zero attached hydrogens (tertiary/aromatic N) is 1. The van der Waals surface area contributed by atoms with Crippen LogP contribution in [0.15, 0.2) is 24.3 Å². The molecular weight excluding hydrogens is 294 g/mol. The molecule has 122 valence electrons. The van der Waals surface area contributed by atoms with Gasteiger partial charge in [0, 0.05) is 0 Å². The van der Waals surface area contributed by atoms with Crippen LogP contribution in [0.4, 0.5) is 13.6 Å². The van der Waals surface area contributed by atoms with E-state index in [-0.39, 0.29) is 17.8 Å². The number of benzene rings is 1. The van der Waals surface area contributed by atoms with Gasteiger partial charge in [-0.1, -0.05) is 19.1 Å². The predicted molar refractivity (Wildman–Crippen MR) is 76.5 cm³/mol. The van der Waals surface area contributed by atoms with Crippen LogP contribution in [0.25, 0.3) is 0 Å². The first-order chi connectivity index (χ1) is 10.6. The Morgan fingerprint density at radius 3 is 2.64 bits per heavy atom. The van der Waals surface area contributed by atoms with Crippen molar-refractivity contribution in [3.05, 3.63) is 29.8 Å². The summed E-state index contributed by atoms with van der Waals surface area (Å²) in [6.07, 6.45) is 2.55. The summed E-state index contributed by atoms with van der Waals surface area (Å²) >= 11 is 0. The maximum Gasteiger partial charge on any atom is 0.387 e. The number of hydroxylamine groups is 2. The number of alkyl halides is 2. The van der Waals surface area contributed by atoms with E-state index in [1.807, 2.05) is 6.92 Å². The van der Waals surface area contributed by atoms with Gasteiger partial charge < -0.3 is 10.1 Å². The quantitative estimate of drug-likeness (QED) is 0.905. The molecule has 1 N–H and O–H groups in total. The summed E-state index contributed by atoms with van der Waals surface area (Å²) < 4.78 is 28.6. The van der Waals surface area contributed by atoms with Crippen LogP contribution in [0, 0.1) is 0 Å². The summed E-state index contributed by atoms with van der Waals surface area (Å²) in [5, 5.41) is 4.22. The number of hydrogen-bond donors (Lipinski definition) is 1. The van der Waals surface area contributed by atoms with Crippen LogP contribution in [-0.2, 0) is 4.84 Å². The van der Waals surface area contributed by atoms with Gasteiger partial charge in [-0.25, -0.2) is 9.86 Å². The lowest BCUT2D eigenvalue weighted by Crippen LogP contribution is -2.43. The van der Waals surface area contributed by atoms with Crippen LogP contribution in [0.1, 0.15) is 37.8 Å². The van der Waals surface area contributed by atoms with Crippen LogP contribution in [0.3, 0.4) is 0 Å². The number of hydrogen-bond acceptors (Lipinski definition) is 3. The minimum atomic E-state index is -2.84. The molecule has 1 aliphatic rings. The molecule has 0 radical (unpaired) electrons. The Morgan fingerprint density at radius 1 is 1.36 bits per heavy atom. The second kappa shape index (κ2) is 7.93. The Bertz CT molecular complexity index is 476. The van der Waals surface area contributed by atoms with Crippen molar-refractivity contribution in [1.82, 2.24) is 10.4 Å². The van der Waals surface area contributed by atoms with E-state index in [2.05, 4.69) is 10.1 Å². The first-order valence-corrected chi connectivity index (χ1v) is 7.36. The normalized spacial score (nSPS) is 16.5. The largest absolute Gasteiger partial charge is 0.435 e. The summed E-state index contributed by atoms with van der Waals surface area (Å²) in [4.78, 5) is 17.4. The van der Waals surface area contributed by atoms with E-state index >= 15 is 0 Å². The van der Waals surface area contributed by atoms with E-state index in [9.17, 15) is 13.6 Å². The number of amides is 2. The molecule has 7 heteroatoms. The summed E-state index contributed by atoms with van der Waals surface area (Å²) in [5.41, 5.74) is 0.828. The monoisotopic (exact) mass is 314 g/mol. The molecule has 0 aromatic heterocycles. The van der Waals surface area contributed by atoms with Crippen LogP contribution in [0.5, 0.6) is 5.75 Å². The van der Waals surface area contributed by atoms with Gasteiger partial charge in [0.05, 0.1) is 19.2 Å². The van der Waals surface area contributed by atoms with Crippen molar-refractivity contribution in [3.8, 4) is 5.75 Å². The number of carbonyl (C=O) groups excluding carboxylic acids is 1. The van der Waals surface area contributed by atoms with Crippen molar-refractivity contribution >= 4 is 6.03 Å². The molecule has 1 fully saturated rings. The highest BCUT2D eigenvalue weighted by atomic mass is 19.3. The molecule has 1 aliphatic heterocycles. The Morgan fingerprint density at radius 2 is 2.09 bits per heavy atom. The average Bonchev–Trinajstić information content (AvgIpc) is 2.53. The van der Waals surface area contributed by atoms with E-state index in [0.717, 1.165) is 18.4 Å². The Hall–Kier alpha value is -1.89. The van der Waals surface area contributed by atoms with Gasteiger partial charge in [-0.2, -0.15) is 8.78 Å². The number of halogens is 2. The standard InChI is InChI=1S/C15H20F2N2O3/c1-2-13(18-15(20)19-9-3-4-10-21-19)11-5-7-12(8-6-11)22-14(16)17/h5-8,13-14H,2-4,9-10H2,1H3,(H,18,20)/t13-/m0/s1. The maximum absolute atomic E-state index is 12.1. The minimum absolute atomic E-state index is 0.0966. The number of carbonyl (C=O) groups is 1. The fourth-order valence-electron chi connectivity index (χ4n) is 2.28. The zero-order valence-electron chi connectivity index (χ0n) is 12.4. The van der Waals surface area contributed by atoms with Crippen molar-refractivity contribution < 1.29 is 23.1 Å². The molecule has 22 heavy (non-hydrogen) atoms. The first kappa shape index (κ1) is 16.5. The van der Waals surface area contributed by atoms with Crippen molar-refractivity contribution in [3.63, 3.8) is 0 Å². The lowest BCUT2D eigenvalue weighted by Gasteiger charge is -2.28. The summed E-state index contributed by atoms with van der Waals surface area (Å²) in [7, 11) is 0. The first-order valence-electron chi connectivity index (χ1n) is 7.36. The second-order valence-corrected chi connectivity index (χ2v) is 5.00. The lowest BCUT2D eigenvalue weighted by molar-refractivity contribution is -0.139. The molecule has 0 aliphatic carbocycles. The van der Waals surface area contributed by atoms with Gasteiger partial charge >= 0.3 is 12.6 Å². The molecule has 2 rings (SSSR count). The van der Waals surface area contributed by atoms with E-state index in [0.29, 0.717) is 19.6 Å². The minimum Gasteiger partial charge on any atom is -0.435 e. The summed E-state index contributed by atoms with van der Waals surface area (Å²) in [6.45, 7) is 0.211. The fraction of sp³-hybridized carbons (Fsp3) is 0.533. The zero-order chi connectivity index (χ0) is 15.9. The summed E-state index contributed by atoms with van der Waals surface area (Å²) in [6, 6.07) is 5.78. The molecule has 0 saturated carbocycles. The van der Waals surface area contributed by atoms with Crippen molar-refractivity contribution in [2.45, 2.75) is 38.8 Å². The predicted octanol–water partition coefficient (Wildman–Crippen LogP) is 3.48. The SMILES string of the molecule is CC[C@H](NC(=O)N1CCCCO1)c1ccc(OC(F)F)cc1. The van der Waals surface area contributed by atoms with Gasteiger partial charge in [0.25, 0.3) is 0 Å². The van der Waals surface area contributed by atoms with Gasteiger partial charge in [-0.05, 0) is 37.0 Å². The number of rotatable bonds is 5. The van der Waals surface area contributed by atoms with Crippen molar-refractivity contribution in [2.24, 2.45) is 0 Å². The van der Waals surface area contributed by atoms with Crippen LogP contribution in [0.2, 0.25) is 0 Å². The third-order valence-corrected chi connectivity index (χ3v) is 3.44. The van der Waals surface area contributed by atoms with Crippen LogP contribution >= 0.6 is 0 Å². The third kappa shape index (κ3) is 4.56. The third-order valence-electron chi connectivity index (χ3n) is 3.44. The molecule has 1 saturated heterocycles.